The number of carbonyl (C=O) groups excluding carboxylic acids is 1. The van der Waals surface area contributed by atoms with E-state index in [4.69, 9.17) is 18.0 Å². The molecule has 0 radical (unpaired) electrons. The molecule has 1 aliphatic rings. The molecular weight excluding hydrogens is 268 g/mol. The number of carbonyl (C=O) groups is 1. The number of hydrogen-bond acceptors (Lipinski definition) is 2. The highest BCUT2D eigenvalue weighted by molar-refractivity contribution is 7.80. The molecule has 1 aromatic carbocycles. The molecule has 1 heterocycles. The smallest absolute Gasteiger partial charge is 0.227 e. The number of aryl methyl sites for hydroxylation is 2. The molecular formula is C16H22N2OS. The van der Waals surface area contributed by atoms with Crippen molar-refractivity contribution in [3.05, 3.63) is 34.9 Å². The Bertz CT molecular complexity index is 527. The predicted molar refractivity (Wildman–Crippen MR) is 85.7 cm³/mol. The van der Waals surface area contributed by atoms with E-state index in [1.54, 1.807) is 0 Å². The fourth-order valence-electron chi connectivity index (χ4n) is 2.70. The average molecular weight is 290 g/mol. The molecule has 1 aliphatic heterocycles. The van der Waals surface area contributed by atoms with E-state index in [0.717, 1.165) is 24.9 Å². The molecule has 0 bridgehead atoms. The lowest BCUT2D eigenvalue weighted by atomic mass is 9.96. The Balaban J connectivity index is 2.04. The van der Waals surface area contributed by atoms with Crippen molar-refractivity contribution in [2.24, 2.45) is 11.7 Å². The maximum Gasteiger partial charge on any atom is 0.227 e. The third-order valence-electron chi connectivity index (χ3n) is 4.02. The average Bonchev–Trinajstić information content (AvgIpc) is 2.43. The molecule has 4 heteroatoms. The Kier molecular flexibility index (Phi) is 4.76. The number of likely N-dealkylation sites (tertiary alicyclic amines) is 1. The van der Waals surface area contributed by atoms with Crippen molar-refractivity contribution >= 4 is 23.1 Å². The summed E-state index contributed by atoms with van der Waals surface area (Å²) in [5, 5.41) is 0. The van der Waals surface area contributed by atoms with Gasteiger partial charge in [0.05, 0.1) is 11.4 Å². The van der Waals surface area contributed by atoms with Crippen molar-refractivity contribution < 1.29 is 4.79 Å². The number of hydrogen-bond donors (Lipinski definition) is 1. The zero-order chi connectivity index (χ0) is 14.7. The van der Waals surface area contributed by atoms with Crippen molar-refractivity contribution in [3.8, 4) is 0 Å². The maximum atomic E-state index is 12.4. The molecule has 3 nitrogen and oxygen atoms in total. The standard InChI is InChI=1S/C16H22N2OS/c1-11-5-6-12(2)14(8-11)9-15(19)18-7-3-4-13(10-18)16(17)20/h5-6,8,13H,3-4,7,9-10H2,1-2H3,(H2,17,20). The van der Waals surface area contributed by atoms with Crippen LogP contribution < -0.4 is 5.73 Å². The van der Waals surface area contributed by atoms with E-state index in [2.05, 4.69) is 32.0 Å². The normalized spacial score (nSPS) is 18.9. The molecule has 0 aromatic heterocycles. The molecule has 1 amide bonds. The summed E-state index contributed by atoms with van der Waals surface area (Å²) in [6.07, 6.45) is 2.46. The van der Waals surface area contributed by atoms with Crippen LogP contribution in [-0.4, -0.2) is 28.9 Å². The highest BCUT2D eigenvalue weighted by atomic mass is 32.1. The van der Waals surface area contributed by atoms with Crippen LogP contribution in [0.1, 0.15) is 29.5 Å². The molecule has 1 saturated heterocycles. The maximum absolute atomic E-state index is 12.4. The molecule has 0 aliphatic carbocycles. The Labute approximate surface area is 126 Å². The van der Waals surface area contributed by atoms with E-state index in [-0.39, 0.29) is 11.8 Å². The first-order valence-corrected chi connectivity index (χ1v) is 7.51. The van der Waals surface area contributed by atoms with E-state index in [1.165, 1.54) is 11.1 Å². The second-order valence-electron chi connectivity index (χ2n) is 5.69. The lowest BCUT2D eigenvalue weighted by Gasteiger charge is -2.32. The first-order chi connectivity index (χ1) is 9.47. The second-order valence-corrected chi connectivity index (χ2v) is 6.16. The van der Waals surface area contributed by atoms with Gasteiger partial charge in [-0.1, -0.05) is 36.0 Å². The van der Waals surface area contributed by atoms with Crippen LogP contribution >= 0.6 is 12.2 Å². The molecule has 2 rings (SSSR count). The molecule has 0 spiro atoms. The van der Waals surface area contributed by atoms with Crippen molar-refractivity contribution in [3.63, 3.8) is 0 Å². The SMILES string of the molecule is Cc1ccc(C)c(CC(=O)N2CCCC(C(N)=S)C2)c1. The molecule has 2 N–H and O–H groups in total. The Morgan fingerprint density at radius 1 is 1.45 bits per heavy atom. The van der Waals surface area contributed by atoms with E-state index in [1.807, 2.05) is 4.90 Å². The van der Waals surface area contributed by atoms with Crippen molar-refractivity contribution in [2.45, 2.75) is 33.1 Å². The number of rotatable bonds is 3. The van der Waals surface area contributed by atoms with Crippen molar-refractivity contribution in [1.29, 1.82) is 0 Å². The summed E-state index contributed by atoms with van der Waals surface area (Å²) in [6.45, 7) is 5.61. The van der Waals surface area contributed by atoms with Gasteiger partial charge in [0.2, 0.25) is 5.91 Å². The Morgan fingerprint density at radius 3 is 2.90 bits per heavy atom. The quantitative estimate of drug-likeness (QED) is 0.869. The molecule has 1 unspecified atom stereocenters. The zero-order valence-electron chi connectivity index (χ0n) is 12.2. The highest BCUT2D eigenvalue weighted by Crippen LogP contribution is 2.19. The van der Waals surface area contributed by atoms with E-state index >= 15 is 0 Å². The predicted octanol–water partition coefficient (Wildman–Crippen LogP) is 2.37. The van der Waals surface area contributed by atoms with Gasteiger partial charge in [0.25, 0.3) is 0 Å². The van der Waals surface area contributed by atoms with Crippen LogP contribution in [-0.2, 0) is 11.2 Å². The summed E-state index contributed by atoms with van der Waals surface area (Å²) >= 11 is 5.06. The highest BCUT2D eigenvalue weighted by Gasteiger charge is 2.25. The van der Waals surface area contributed by atoms with Gasteiger partial charge >= 0.3 is 0 Å². The minimum atomic E-state index is 0.180. The van der Waals surface area contributed by atoms with Crippen LogP contribution in [0.3, 0.4) is 0 Å². The van der Waals surface area contributed by atoms with Gasteiger partial charge in [0.1, 0.15) is 0 Å². The second kappa shape index (κ2) is 6.35. The molecule has 108 valence electrons. The number of nitrogens with zero attached hydrogens (tertiary/aromatic N) is 1. The van der Waals surface area contributed by atoms with Crippen LogP contribution in [0.25, 0.3) is 0 Å². The Morgan fingerprint density at radius 2 is 2.20 bits per heavy atom. The lowest BCUT2D eigenvalue weighted by molar-refractivity contribution is -0.131. The minimum Gasteiger partial charge on any atom is -0.393 e. The van der Waals surface area contributed by atoms with Gasteiger partial charge in [-0.05, 0) is 37.8 Å². The Hall–Kier alpha value is -1.42. The van der Waals surface area contributed by atoms with Gasteiger partial charge in [-0.15, -0.1) is 0 Å². The van der Waals surface area contributed by atoms with Crippen LogP contribution in [0.2, 0.25) is 0 Å². The van der Waals surface area contributed by atoms with E-state index in [0.29, 0.717) is 18.0 Å². The number of piperidine rings is 1. The largest absolute Gasteiger partial charge is 0.393 e. The number of nitrogens with two attached hydrogens (primary N) is 1. The van der Waals surface area contributed by atoms with Gasteiger partial charge in [0, 0.05) is 19.0 Å². The van der Waals surface area contributed by atoms with Crippen LogP contribution in [0.4, 0.5) is 0 Å². The van der Waals surface area contributed by atoms with Crippen LogP contribution in [0.5, 0.6) is 0 Å². The lowest BCUT2D eigenvalue weighted by Crippen LogP contribution is -2.44. The third-order valence-corrected chi connectivity index (χ3v) is 4.36. The number of amides is 1. The summed E-state index contributed by atoms with van der Waals surface area (Å²) < 4.78 is 0. The van der Waals surface area contributed by atoms with Crippen LogP contribution in [0.15, 0.2) is 18.2 Å². The summed E-state index contributed by atoms with van der Waals surface area (Å²) in [7, 11) is 0. The number of thiocarbonyl (C=S) groups is 1. The van der Waals surface area contributed by atoms with Crippen molar-refractivity contribution in [1.82, 2.24) is 4.90 Å². The van der Waals surface area contributed by atoms with Gasteiger partial charge in [0.15, 0.2) is 0 Å². The van der Waals surface area contributed by atoms with Gasteiger partial charge in [-0.3, -0.25) is 4.79 Å². The minimum absolute atomic E-state index is 0.180. The fourth-order valence-corrected chi connectivity index (χ4v) is 2.89. The zero-order valence-corrected chi connectivity index (χ0v) is 13.0. The molecule has 1 fully saturated rings. The molecule has 1 aromatic rings. The molecule has 20 heavy (non-hydrogen) atoms. The monoisotopic (exact) mass is 290 g/mol. The fraction of sp³-hybridized carbons (Fsp3) is 0.500. The number of benzene rings is 1. The van der Waals surface area contributed by atoms with E-state index < -0.39 is 0 Å². The third kappa shape index (κ3) is 3.57. The first-order valence-electron chi connectivity index (χ1n) is 7.10. The van der Waals surface area contributed by atoms with Gasteiger partial charge in [-0.25, -0.2) is 0 Å². The van der Waals surface area contributed by atoms with Gasteiger partial charge < -0.3 is 10.6 Å². The van der Waals surface area contributed by atoms with Gasteiger partial charge in [-0.2, -0.15) is 0 Å². The molecule has 0 saturated carbocycles. The summed E-state index contributed by atoms with van der Waals surface area (Å²) in [5.74, 6) is 0.362. The summed E-state index contributed by atoms with van der Waals surface area (Å²) in [6, 6.07) is 6.25. The van der Waals surface area contributed by atoms with E-state index in [9.17, 15) is 4.79 Å². The first kappa shape index (κ1) is 15.0. The summed E-state index contributed by atoms with van der Waals surface area (Å²) in [5.41, 5.74) is 9.20. The van der Waals surface area contributed by atoms with Crippen molar-refractivity contribution in [2.75, 3.05) is 13.1 Å². The molecule has 1 atom stereocenters. The topological polar surface area (TPSA) is 46.3 Å². The van der Waals surface area contributed by atoms with Crippen LogP contribution in [0, 0.1) is 19.8 Å². The summed E-state index contributed by atoms with van der Waals surface area (Å²) in [4.78, 5) is 14.9.